The van der Waals surface area contributed by atoms with E-state index in [1.165, 1.54) is 0 Å². The minimum atomic E-state index is -2.54. The maximum absolute atomic E-state index is 3.16. The third-order valence-corrected chi connectivity index (χ3v) is 503. The molecule has 64 heavy (non-hydrogen) atoms. The quantitative estimate of drug-likeness (QED) is 0.124. The number of benzene rings is 4. The monoisotopic (exact) mass is 1120 g/mol. The standard InChI is InChI=1S/C48H92Si16/c1-51(2,3)61(52(4,5)6)49-50(63(55(13,14)15,56(16,17)18)59(61,45-37-29-25-30-38-45)46-39-31-26-32-40-46)64(57(19,20)21,58(22,23)24)60(47-41-33-27-34-42-47,48-43-35-28-36-44-48)62(49,53(7,8)9)54(10,11)12/h25-44H,1-24H3. The van der Waals surface area contributed by atoms with E-state index < -0.39 is 113 Å². The summed E-state index contributed by atoms with van der Waals surface area (Å²) in [4.78, 5) is 0. The summed E-state index contributed by atoms with van der Waals surface area (Å²) in [5.41, 5.74) is 0. The molecule has 0 spiro atoms. The molecular weight excluding hydrogens is 1030 g/mol. The van der Waals surface area contributed by atoms with E-state index in [0.29, 0.717) is 0 Å². The van der Waals surface area contributed by atoms with Crippen molar-refractivity contribution in [2.75, 3.05) is 0 Å². The minimum absolute atomic E-state index is 0.871. The average Bonchev–Trinajstić information content (AvgIpc) is 3.58. The summed E-state index contributed by atoms with van der Waals surface area (Å²) in [5.74, 6) is 0. The summed E-state index contributed by atoms with van der Waals surface area (Å²) in [7, 11) is -20.8. The summed E-state index contributed by atoms with van der Waals surface area (Å²) >= 11 is 0. The molecular formula is C48H92Si16. The molecule has 0 aromatic heterocycles. The molecule has 2 aliphatic rings. The zero-order valence-electron chi connectivity index (χ0n) is 45.5. The maximum atomic E-state index is 3.16. The van der Waals surface area contributed by atoms with Gasteiger partial charge in [-0.3, -0.25) is 0 Å². The van der Waals surface area contributed by atoms with E-state index in [0.717, 1.165) is 0 Å². The fourth-order valence-corrected chi connectivity index (χ4v) is 1180. The van der Waals surface area contributed by atoms with Crippen LogP contribution in [0.4, 0.5) is 0 Å². The lowest BCUT2D eigenvalue weighted by Crippen LogP contribution is -3.13. The van der Waals surface area contributed by atoms with Crippen LogP contribution >= 0.6 is 0 Å². The van der Waals surface area contributed by atoms with E-state index in [1.54, 1.807) is 0 Å². The van der Waals surface area contributed by atoms with E-state index in [2.05, 4.69) is 278 Å². The SMILES string of the molecule is C[Si](C)(C)[Si]1([Si](C)(C)C)[Si]2=[Si]([Si]([Si](C)(C)C)([Si](C)(C)C)[Si]1(c1ccccc1)c1ccccc1)[Si]([Si](C)(C)C)([Si](C)(C)C)[Si](c1ccccc1)(c1ccccc1)[Si]2([Si](C)(C)C)[Si](C)(C)C. The lowest BCUT2D eigenvalue weighted by atomic mass is 10.4. The Morgan fingerprint density at radius 2 is 0.344 bits per heavy atom. The summed E-state index contributed by atoms with van der Waals surface area (Å²) in [6.45, 7) is 74.1. The molecule has 0 fully saturated rings. The Bertz CT molecular complexity index is 1970. The van der Waals surface area contributed by atoms with E-state index in [-0.39, 0.29) is 0 Å². The van der Waals surface area contributed by atoms with E-state index in [9.17, 15) is 0 Å². The molecule has 6 rings (SSSR count). The Kier molecular flexibility index (Phi) is 13.8. The van der Waals surface area contributed by atoms with Gasteiger partial charge in [0.1, 0.15) is 0 Å². The van der Waals surface area contributed by atoms with Crippen molar-refractivity contribution < 1.29 is 0 Å². The van der Waals surface area contributed by atoms with Crippen molar-refractivity contribution in [3.05, 3.63) is 121 Å². The third-order valence-electron chi connectivity index (χ3n) is 17.8. The summed E-state index contributed by atoms with van der Waals surface area (Å²) in [6.07, 6.45) is -9.19. The molecule has 2 aliphatic heterocycles. The third kappa shape index (κ3) is 6.34. The molecule has 0 nitrogen and oxygen atoms in total. The molecule has 0 saturated heterocycles. The highest BCUT2D eigenvalue weighted by molar-refractivity contribution is 8.52. The number of hydrogen-bond acceptors (Lipinski definition) is 0. The summed E-state index contributed by atoms with van der Waals surface area (Å²) in [5, 5.41) is 8.20. The topological polar surface area (TPSA) is 0 Å². The minimum Gasteiger partial charge on any atom is -0.0718 e. The second-order valence-electron chi connectivity index (χ2n) is 28.7. The highest BCUT2D eigenvalue weighted by Crippen LogP contribution is 2.63. The first-order chi connectivity index (χ1) is 28.9. The molecule has 348 valence electrons. The van der Waals surface area contributed by atoms with Crippen LogP contribution in [0.3, 0.4) is 0 Å². The van der Waals surface area contributed by atoms with Gasteiger partial charge in [0.2, 0.25) is 0 Å². The molecule has 4 aromatic carbocycles. The van der Waals surface area contributed by atoms with E-state index >= 15 is 0 Å². The molecule has 16 heteroatoms. The normalized spacial score (nSPS) is 20.9. The van der Waals surface area contributed by atoms with Crippen LogP contribution in [-0.4, -0.2) is 113 Å². The Morgan fingerprint density at radius 1 is 0.219 bits per heavy atom. The van der Waals surface area contributed by atoms with Crippen LogP contribution in [0.15, 0.2) is 121 Å². The van der Waals surface area contributed by atoms with Gasteiger partial charge in [-0.2, -0.15) is 0 Å². The summed E-state index contributed by atoms with van der Waals surface area (Å²) < 4.78 is 0. The predicted molar refractivity (Wildman–Crippen MR) is 337 cm³/mol. The zero-order valence-corrected chi connectivity index (χ0v) is 61.5. The molecule has 0 N–H and O–H groups in total. The van der Waals surface area contributed by atoms with Gasteiger partial charge in [-0.05, 0) is 13.9 Å². The first kappa shape index (κ1) is 53.7. The molecule has 0 bridgehead atoms. The maximum Gasteiger partial charge on any atom is 0.0956 e. The van der Waals surface area contributed by atoms with Crippen LogP contribution in [0, 0.1) is 0 Å². The smallest absolute Gasteiger partial charge is 0.0718 e. The molecule has 0 atom stereocenters. The fourth-order valence-electron chi connectivity index (χ4n) is 19.4. The second kappa shape index (κ2) is 16.5. The van der Waals surface area contributed by atoms with Crippen LogP contribution in [0.1, 0.15) is 0 Å². The van der Waals surface area contributed by atoms with Crippen molar-refractivity contribution >= 4 is 134 Å². The van der Waals surface area contributed by atoms with Gasteiger partial charge in [0.15, 0.2) is 0 Å². The van der Waals surface area contributed by atoms with E-state index in [1.807, 2.05) is 20.7 Å². The van der Waals surface area contributed by atoms with Crippen molar-refractivity contribution in [1.82, 2.24) is 0 Å². The van der Waals surface area contributed by atoms with Gasteiger partial charge < -0.3 is 0 Å². The van der Waals surface area contributed by atoms with Crippen LogP contribution in [-0.2, 0) is 0 Å². The van der Waals surface area contributed by atoms with Crippen LogP contribution in [0.25, 0.3) is 0 Å². The van der Waals surface area contributed by atoms with Gasteiger partial charge in [0.05, 0.1) is 14.2 Å². The van der Waals surface area contributed by atoms with Crippen LogP contribution in [0.5, 0.6) is 0 Å². The van der Waals surface area contributed by atoms with Crippen molar-refractivity contribution in [2.45, 2.75) is 157 Å². The average molecular weight is 1120 g/mol. The van der Waals surface area contributed by atoms with Gasteiger partial charge in [-0.15, -0.1) is 0 Å². The zero-order chi connectivity index (χ0) is 48.6. The van der Waals surface area contributed by atoms with Crippen molar-refractivity contribution in [3.8, 4) is 0 Å². The highest BCUT2D eigenvalue weighted by atomic mass is 30.7. The van der Waals surface area contributed by atoms with Crippen LogP contribution in [0.2, 0.25) is 157 Å². The van der Waals surface area contributed by atoms with Gasteiger partial charge in [0.25, 0.3) is 0 Å². The van der Waals surface area contributed by atoms with Gasteiger partial charge >= 0.3 is 0 Å². The predicted octanol–water partition coefficient (Wildman–Crippen LogP) is 11.4. The molecule has 4 aromatic rings. The van der Waals surface area contributed by atoms with Crippen molar-refractivity contribution in [2.24, 2.45) is 0 Å². The Balaban J connectivity index is 2.37. The number of hydrogen-bond donors (Lipinski definition) is 0. The van der Waals surface area contributed by atoms with Gasteiger partial charge in [-0.1, -0.05) is 299 Å². The molecule has 0 unspecified atom stereocenters. The Morgan fingerprint density at radius 3 is 0.453 bits per heavy atom. The second-order valence-corrected chi connectivity index (χ2v) is 216. The Labute approximate surface area is 408 Å². The lowest BCUT2D eigenvalue weighted by Gasteiger charge is -2.76. The summed E-state index contributed by atoms with van der Waals surface area (Å²) in [6, 6.07) is 54.0. The molecule has 0 aliphatic carbocycles. The van der Waals surface area contributed by atoms with Crippen molar-refractivity contribution in [3.63, 3.8) is 0 Å². The van der Waals surface area contributed by atoms with Gasteiger partial charge in [0, 0.05) is 85.3 Å². The Hall–Kier alpha value is 0.350. The van der Waals surface area contributed by atoms with Gasteiger partial charge in [-0.25, -0.2) is 0 Å². The molecule has 0 radical (unpaired) electrons. The lowest BCUT2D eigenvalue weighted by molar-refractivity contribution is 1.72. The first-order valence-corrected chi connectivity index (χ1v) is 84.9. The van der Waals surface area contributed by atoms with Crippen molar-refractivity contribution in [1.29, 1.82) is 0 Å². The molecule has 2 heterocycles. The molecule has 0 saturated carbocycles. The number of rotatable bonds is 12. The largest absolute Gasteiger partial charge is 0.0956 e. The first-order valence-electron chi connectivity index (χ1n) is 24.9. The molecule has 0 amide bonds. The van der Waals surface area contributed by atoms with E-state index in [4.69, 9.17) is 0 Å². The highest BCUT2D eigenvalue weighted by Gasteiger charge is 2.97. The fraction of sp³-hybridized carbons (Fsp3) is 0.500. The van der Waals surface area contributed by atoms with Crippen LogP contribution < -0.4 is 20.7 Å².